The van der Waals surface area contributed by atoms with Crippen LogP contribution in [0.3, 0.4) is 0 Å². The molecule has 12 heteroatoms. The van der Waals surface area contributed by atoms with E-state index in [0.717, 1.165) is 0 Å². The first-order valence-corrected chi connectivity index (χ1v) is 12.9. The Kier molecular flexibility index (Phi) is 6.91. The molecule has 196 valence electrons. The summed E-state index contributed by atoms with van der Waals surface area (Å²) >= 11 is 0. The minimum atomic E-state index is -5.34. The summed E-state index contributed by atoms with van der Waals surface area (Å²) < 4.78 is 90.4. The predicted molar refractivity (Wildman–Crippen MR) is 123 cm³/mol. The minimum Gasteiger partial charge on any atom is -0.395 e. The summed E-state index contributed by atoms with van der Waals surface area (Å²) in [5.74, 6) is -1.73. The molecule has 6 nitrogen and oxygen atoms in total. The normalized spacial score (nSPS) is 22.9. The average Bonchev–Trinajstić information content (AvgIpc) is 3.50. The second-order valence-electron chi connectivity index (χ2n) is 9.52. The highest BCUT2D eigenvalue weighted by molar-refractivity contribution is 7.91. The Balaban J connectivity index is 1.70. The number of hydrogen-bond donors (Lipinski definition) is 3. The third kappa shape index (κ3) is 4.98. The number of rotatable bonds is 7. The molecule has 0 radical (unpaired) electrons. The lowest BCUT2D eigenvalue weighted by Crippen LogP contribution is -2.51. The molecule has 1 aliphatic heterocycles. The van der Waals surface area contributed by atoms with Crippen molar-refractivity contribution in [3.63, 3.8) is 0 Å². The molecule has 0 aromatic heterocycles. The van der Waals surface area contributed by atoms with Crippen molar-refractivity contribution >= 4 is 15.8 Å². The zero-order chi connectivity index (χ0) is 26.5. The number of nitrogens with one attached hydrogen (secondary N) is 2. The molecule has 36 heavy (non-hydrogen) atoms. The maximum Gasteiger partial charge on any atom is 0.492 e. The van der Waals surface area contributed by atoms with Crippen LogP contribution in [0.1, 0.15) is 30.4 Å². The molecule has 3 atom stereocenters. The number of carbonyl (C=O) groups excluding carboxylic acids is 1. The van der Waals surface area contributed by atoms with Crippen molar-refractivity contribution in [3.05, 3.63) is 59.2 Å². The van der Waals surface area contributed by atoms with Crippen LogP contribution < -0.4 is 4.72 Å². The monoisotopic (exact) mass is 531 g/mol. The largest absolute Gasteiger partial charge is 0.492 e. The Labute approximate surface area is 205 Å². The molecular weight excluding hydrogens is 505 g/mol. The summed E-state index contributed by atoms with van der Waals surface area (Å²) in [6.45, 7) is 1.23. The summed E-state index contributed by atoms with van der Waals surface area (Å²) in [7, 11) is -5.22. The number of benzene rings is 2. The molecule has 2 aliphatic rings. The van der Waals surface area contributed by atoms with Gasteiger partial charge in [-0.05, 0) is 61.4 Å². The van der Waals surface area contributed by atoms with Crippen LogP contribution in [0.4, 0.5) is 22.0 Å². The van der Waals surface area contributed by atoms with E-state index in [-0.39, 0.29) is 36.1 Å². The van der Waals surface area contributed by atoms with Gasteiger partial charge < -0.3 is 10.0 Å². The van der Waals surface area contributed by atoms with E-state index in [0.29, 0.717) is 18.4 Å². The van der Waals surface area contributed by atoms with Crippen LogP contribution in [0, 0.1) is 28.8 Å². The number of aryl methyl sites for hydroxylation is 1. The minimum absolute atomic E-state index is 0.000689. The average molecular weight is 532 g/mol. The lowest BCUT2D eigenvalue weighted by molar-refractivity contribution is -0.139. The van der Waals surface area contributed by atoms with Gasteiger partial charge in [0.2, 0.25) is 15.8 Å². The van der Waals surface area contributed by atoms with Gasteiger partial charge in [-0.15, -0.1) is 0 Å². The summed E-state index contributed by atoms with van der Waals surface area (Å²) in [4.78, 5) is 14.5. The summed E-state index contributed by atoms with van der Waals surface area (Å²) in [6.07, 6.45) is 0.578. The molecule has 1 saturated heterocycles. The highest BCUT2D eigenvalue weighted by atomic mass is 32.2. The van der Waals surface area contributed by atoms with Crippen LogP contribution >= 0.6 is 0 Å². The number of amides is 1. The Morgan fingerprint density at radius 3 is 2.53 bits per heavy atom. The van der Waals surface area contributed by atoms with E-state index in [1.807, 2.05) is 4.72 Å². The number of alkyl halides is 3. The van der Waals surface area contributed by atoms with Crippen LogP contribution in [0.2, 0.25) is 0 Å². The van der Waals surface area contributed by atoms with Crippen molar-refractivity contribution in [1.82, 2.24) is 9.62 Å². The van der Waals surface area contributed by atoms with Gasteiger partial charge in [0.05, 0.1) is 18.1 Å². The molecule has 2 aromatic rings. The highest BCUT2D eigenvalue weighted by Gasteiger charge is 2.55. The van der Waals surface area contributed by atoms with Crippen molar-refractivity contribution in [2.45, 2.75) is 50.2 Å². The van der Waals surface area contributed by atoms with E-state index >= 15 is 4.39 Å². The number of likely N-dealkylation sites (tertiary alicyclic amines) is 1. The molecule has 2 aromatic carbocycles. The Morgan fingerprint density at radius 2 is 1.94 bits per heavy atom. The molecule has 3 N–H and O–H groups in total. The smallest absolute Gasteiger partial charge is 0.395 e. The third-order valence-electron chi connectivity index (χ3n) is 6.92. The number of halogens is 5. The molecule has 0 bridgehead atoms. The number of hydrogen-bond acceptors (Lipinski definition) is 4. The third-order valence-corrected chi connectivity index (χ3v) is 8.21. The fourth-order valence-corrected chi connectivity index (χ4v) is 5.58. The van der Waals surface area contributed by atoms with Gasteiger partial charge in [0.15, 0.2) is 0 Å². The van der Waals surface area contributed by atoms with Gasteiger partial charge in [-0.2, -0.15) is 13.2 Å². The van der Waals surface area contributed by atoms with Crippen molar-refractivity contribution in [2.24, 2.45) is 5.41 Å². The molecular formula is C24H26F5N3O3S. The van der Waals surface area contributed by atoms with E-state index in [9.17, 15) is 31.7 Å². The lowest BCUT2D eigenvalue weighted by Gasteiger charge is -2.32. The van der Waals surface area contributed by atoms with Crippen LogP contribution in [0.15, 0.2) is 36.4 Å². The molecule has 4 rings (SSSR count). The van der Waals surface area contributed by atoms with Gasteiger partial charge in [-0.3, -0.25) is 4.79 Å². The molecule has 1 saturated carbocycles. The fourth-order valence-electron chi connectivity index (χ4n) is 4.75. The highest BCUT2D eigenvalue weighted by Crippen LogP contribution is 2.48. The maximum atomic E-state index is 15.6. The number of aliphatic hydroxyl groups is 1. The van der Waals surface area contributed by atoms with Gasteiger partial charge in [-0.25, -0.2) is 22.5 Å². The van der Waals surface area contributed by atoms with E-state index in [1.165, 1.54) is 35.2 Å². The van der Waals surface area contributed by atoms with E-state index < -0.39 is 57.1 Å². The van der Waals surface area contributed by atoms with Crippen LogP contribution in [-0.4, -0.2) is 50.9 Å². The maximum absolute atomic E-state index is 15.6. The van der Waals surface area contributed by atoms with Gasteiger partial charge >= 0.3 is 5.51 Å². The molecule has 1 aliphatic carbocycles. The quantitative estimate of drug-likeness (QED) is 0.466. The van der Waals surface area contributed by atoms with Gasteiger partial charge in [0, 0.05) is 18.2 Å². The van der Waals surface area contributed by atoms with E-state index in [4.69, 9.17) is 4.78 Å². The standard InChI is InChI=1S/C24H26F5N3O3S/c1-14-9-16(11-17(25)10-14)18-4-2-3-15(21(18)26)12-20-19(31-36(30,35)24(27,28)29)5-8-32(20)22(34)23(13-33)6-7-23/h2-4,9-11,19-20,33H,5-8,12-13H2,1H3,(H2,30,31,35)/t19-,20-,36?/m0/s1. The zero-order valence-corrected chi connectivity index (χ0v) is 20.2. The summed E-state index contributed by atoms with van der Waals surface area (Å²) in [5, 5.41) is 9.70. The van der Waals surface area contributed by atoms with Crippen LogP contribution in [-0.2, 0) is 21.1 Å². The van der Waals surface area contributed by atoms with Crippen LogP contribution in [0.25, 0.3) is 11.1 Å². The first-order chi connectivity index (χ1) is 16.8. The van der Waals surface area contributed by atoms with Crippen molar-refractivity contribution in [3.8, 4) is 11.1 Å². The van der Waals surface area contributed by atoms with Crippen molar-refractivity contribution < 1.29 is 36.1 Å². The number of nitrogens with zero attached hydrogens (tertiary/aromatic N) is 1. The van der Waals surface area contributed by atoms with Gasteiger partial charge in [-0.1, -0.05) is 24.3 Å². The lowest BCUT2D eigenvalue weighted by atomic mass is 9.95. The predicted octanol–water partition coefficient (Wildman–Crippen LogP) is 4.30. The molecule has 1 heterocycles. The topological polar surface area (TPSA) is 93.5 Å². The summed E-state index contributed by atoms with van der Waals surface area (Å²) in [6, 6.07) is 6.20. The number of aliphatic hydroxyl groups excluding tert-OH is 1. The van der Waals surface area contributed by atoms with Gasteiger partial charge in [0.25, 0.3) is 0 Å². The number of carbonyl (C=O) groups is 1. The second kappa shape index (κ2) is 9.38. The summed E-state index contributed by atoms with van der Waals surface area (Å²) in [5.41, 5.74) is -5.34. The molecule has 1 unspecified atom stereocenters. The van der Waals surface area contributed by atoms with Crippen molar-refractivity contribution in [2.75, 3.05) is 13.2 Å². The van der Waals surface area contributed by atoms with Crippen LogP contribution in [0.5, 0.6) is 0 Å². The first-order valence-electron chi connectivity index (χ1n) is 11.4. The SMILES string of the molecule is Cc1cc(F)cc(-c2cccc(C[C@H]3[C@@H](NS(=N)(=O)C(F)(F)F)CCN3C(=O)C3(CO)CC3)c2F)c1. The Hall–Kier alpha value is -2.57. The van der Waals surface area contributed by atoms with Gasteiger partial charge in [0.1, 0.15) is 11.6 Å². The van der Waals surface area contributed by atoms with E-state index in [1.54, 1.807) is 13.0 Å². The molecule has 1 amide bonds. The van der Waals surface area contributed by atoms with Crippen molar-refractivity contribution in [1.29, 1.82) is 4.78 Å². The zero-order valence-electron chi connectivity index (χ0n) is 19.4. The Bertz CT molecular complexity index is 1260. The Morgan fingerprint density at radius 1 is 1.25 bits per heavy atom. The molecule has 0 spiro atoms. The molecule has 2 fully saturated rings. The first kappa shape index (κ1) is 26.5. The second-order valence-corrected chi connectivity index (χ2v) is 11.3. The van der Waals surface area contributed by atoms with E-state index in [2.05, 4.69) is 0 Å². The fraction of sp³-hybridized carbons (Fsp3) is 0.458.